The van der Waals surface area contributed by atoms with Crippen LogP contribution < -0.4 is 5.73 Å². The Kier molecular flexibility index (Phi) is 3.21. The molecule has 3 nitrogen and oxygen atoms in total. The normalized spacial score (nSPS) is 20.1. The van der Waals surface area contributed by atoms with E-state index >= 15 is 0 Å². The fraction of sp³-hybridized carbons (Fsp3) is 0.417. The summed E-state index contributed by atoms with van der Waals surface area (Å²) in [7, 11) is 0. The minimum atomic E-state index is -0.113. The largest absolute Gasteiger partial charge is 0.475 e. The Bertz CT molecular complexity index is 427. The van der Waals surface area contributed by atoms with E-state index in [0.717, 1.165) is 17.0 Å². The lowest BCUT2D eigenvalue weighted by Crippen LogP contribution is -2.17. The van der Waals surface area contributed by atoms with E-state index in [1.807, 2.05) is 24.3 Å². The van der Waals surface area contributed by atoms with Crippen LogP contribution in [0.3, 0.4) is 0 Å². The van der Waals surface area contributed by atoms with Crippen LogP contribution in [0.5, 0.6) is 0 Å². The van der Waals surface area contributed by atoms with Gasteiger partial charge in [0, 0.05) is 5.56 Å². The van der Waals surface area contributed by atoms with Crippen LogP contribution in [0.15, 0.2) is 29.3 Å². The van der Waals surface area contributed by atoms with E-state index in [2.05, 4.69) is 41.4 Å². The van der Waals surface area contributed by atoms with Gasteiger partial charge in [0.25, 0.3) is 0 Å². The van der Waals surface area contributed by atoms with Gasteiger partial charge in [-0.25, -0.2) is 4.99 Å². The number of halogens is 1. The number of ether oxygens (including phenoxy) is 1. The smallest absolute Gasteiger partial charge is 0.216 e. The molecule has 1 aliphatic heterocycles. The topological polar surface area (TPSA) is 47.6 Å². The number of benzene rings is 1. The molecule has 0 radical (unpaired) electrons. The first kappa shape index (κ1) is 11.9. The van der Waals surface area contributed by atoms with Crippen LogP contribution >= 0.6 is 22.6 Å². The fourth-order valence-electron chi connectivity index (χ4n) is 1.58. The molecule has 0 spiro atoms. The summed E-state index contributed by atoms with van der Waals surface area (Å²) in [5, 5.41) is 0. The molecule has 1 unspecified atom stereocenters. The standard InChI is InChI=1S/C12H15IN2O/c1-12(2)7-16-11(15-12)9-5-3-4-8(6-9)10(13)14/h3-6,10H,7,14H2,1-2H3. The van der Waals surface area contributed by atoms with Gasteiger partial charge in [-0.2, -0.15) is 0 Å². The molecule has 1 aliphatic rings. The van der Waals surface area contributed by atoms with E-state index in [1.165, 1.54) is 0 Å². The van der Waals surface area contributed by atoms with Gasteiger partial charge >= 0.3 is 0 Å². The minimum Gasteiger partial charge on any atom is -0.475 e. The minimum absolute atomic E-state index is 0.00700. The summed E-state index contributed by atoms with van der Waals surface area (Å²) in [6, 6.07) is 8.04. The molecule has 86 valence electrons. The predicted octanol–water partition coefficient (Wildman–Crippen LogP) is 2.63. The number of nitrogens with zero attached hydrogens (tertiary/aromatic N) is 1. The lowest BCUT2D eigenvalue weighted by Gasteiger charge is -2.07. The van der Waals surface area contributed by atoms with E-state index < -0.39 is 0 Å². The quantitative estimate of drug-likeness (QED) is 0.515. The predicted molar refractivity (Wildman–Crippen MR) is 74.0 cm³/mol. The first-order valence-electron chi connectivity index (χ1n) is 5.21. The Morgan fingerprint density at radius 1 is 1.50 bits per heavy atom. The zero-order valence-corrected chi connectivity index (χ0v) is 11.6. The Balaban J connectivity index is 2.32. The van der Waals surface area contributed by atoms with Crippen molar-refractivity contribution in [2.45, 2.75) is 23.4 Å². The maximum atomic E-state index is 5.84. The third-order valence-electron chi connectivity index (χ3n) is 2.42. The lowest BCUT2D eigenvalue weighted by molar-refractivity contribution is 0.279. The number of hydrogen-bond donors (Lipinski definition) is 1. The summed E-state index contributed by atoms with van der Waals surface area (Å²) in [6.07, 6.45) is 0. The Hall–Kier alpha value is -0.620. The van der Waals surface area contributed by atoms with Gasteiger partial charge in [0.2, 0.25) is 5.90 Å². The second-order valence-corrected chi connectivity index (χ2v) is 5.89. The van der Waals surface area contributed by atoms with E-state index in [1.54, 1.807) is 0 Å². The van der Waals surface area contributed by atoms with Crippen LogP contribution in [0.25, 0.3) is 0 Å². The highest BCUT2D eigenvalue weighted by Gasteiger charge is 2.27. The Labute approximate surface area is 109 Å². The van der Waals surface area contributed by atoms with Crippen LogP contribution in [-0.2, 0) is 4.74 Å². The van der Waals surface area contributed by atoms with Gasteiger partial charge in [-0.15, -0.1) is 0 Å². The molecule has 0 aromatic heterocycles. The highest BCUT2D eigenvalue weighted by molar-refractivity contribution is 14.1. The molecule has 4 heteroatoms. The van der Waals surface area contributed by atoms with Crippen molar-refractivity contribution in [1.82, 2.24) is 0 Å². The zero-order chi connectivity index (χ0) is 11.8. The van der Waals surface area contributed by atoms with Crippen LogP contribution in [0, 0.1) is 0 Å². The third kappa shape index (κ3) is 2.55. The van der Waals surface area contributed by atoms with Crippen molar-refractivity contribution >= 4 is 28.5 Å². The highest BCUT2D eigenvalue weighted by atomic mass is 127. The highest BCUT2D eigenvalue weighted by Crippen LogP contribution is 2.23. The average Bonchev–Trinajstić information content (AvgIpc) is 2.59. The maximum absolute atomic E-state index is 5.84. The molecule has 0 aliphatic carbocycles. The molecular weight excluding hydrogens is 315 g/mol. The summed E-state index contributed by atoms with van der Waals surface area (Å²) in [6.45, 7) is 4.77. The lowest BCUT2D eigenvalue weighted by atomic mass is 10.1. The maximum Gasteiger partial charge on any atom is 0.216 e. The number of aliphatic imine (C=N–C) groups is 1. The van der Waals surface area contributed by atoms with Crippen molar-refractivity contribution in [1.29, 1.82) is 0 Å². The van der Waals surface area contributed by atoms with Gasteiger partial charge in [0.1, 0.15) is 6.61 Å². The summed E-state index contributed by atoms with van der Waals surface area (Å²) in [4.78, 5) is 4.54. The second-order valence-electron chi connectivity index (χ2n) is 4.55. The summed E-state index contributed by atoms with van der Waals surface area (Å²) < 4.78 is 5.60. The number of hydrogen-bond acceptors (Lipinski definition) is 3. The van der Waals surface area contributed by atoms with Gasteiger partial charge in [-0.3, -0.25) is 0 Å². The summed E-state index contributed by atoms with van der Waals surface area (Å²) >= 11 is 2.19. The zero-order valence-electron chi connectivity index (χ0n) is 9.40. The first-order chi connectivity index (χ1) is 7.48. The molecule has 0 bridgehead atoms. The molecule has 2 rings (SSSR count). The van der Waals surface area contributed by atoms with Crippen LogP contribution in [0.2, 0.25) is 0 Å². The molecule has 1 aromatic carbocycles. The van der Waals surface area contributed by atoms with Crippen molar-refractivity contribution < 1.29 is 4.74 Å². The van der Waals surface area contributed by atoms with E-state index in [0.29, 0.717) is 6.61 Å². The molecule has 16 heavy (non-hydrogen) atoms. The second kappa shape index (κ2) is 4.33. The number of nitrogens with two attached hydrogens (primary N) is 1. The molecule has 2 N–H and O–H groups in total. The fourth-order valence-corrected chi connectivity index (χ4v) is 1.96. The van der Waals surface area contributed by atoms with Gasteiger partial charge < -0.3 is 10.5 Å². The molecule has 0 saturated carbocycles. The molecule has 0 amide bonds. The van der Waals surface area contributed by atoms with Gasteiger partial charge in [-0.05, 0) is 31.5 Å². The van der Waals surface area contributed by atoms with Crippen molar-refractivity contribution in [3.05, 3.63) is 35.4 Å². The van der Waals surface area contributed by atoms with Gasteiger partial charge in [-0.1, -0.05) is 34.7 Å². The van der Waals surface area contributed by atoms with Crippen LogP contribution in [0.1, 0.15) is 29.0 Å². The summed E-state index contributed by atoms with van der Waals surface area (Å²) in [5.74, 6) is 0.726. The molecule has 0 saturated heterocycles. The molecule has 1 atom stereocenters. The van der Waals surface area contributed by atoms with E-state index in [4.69, 9.17) is 10.5 Å². The molecule has 1 aromatic rings. The monoisotopic (exact) mass is 330 g/mol. The van der Waals surface area contributed by atoms with Crippen LogP contribution in [0.4, 0.5) is 0 Å². The Morgan fingerprint density at radius 2 is 2.25 bits per heavy atom. The summed E-state index contributed by atoms with van der Waals surface area (Å²) in [5.41, 5.74) is 7.83. The van der Waals surface area contributed by atoms with Crippen molar-refractivity contribution in [2.24, 2.45) is 10.7 Å². The van der Waals surface area contributed by atoms with Crippen LogP contribution in [-0.4, -0.2) is 18.0 Å². The third-order valence-corrected chi connectivity index (χ3v) is 3.14. The van der Waals surface area contributed by atoms with E-state index in [-0.39, 0.29) is 9.59 Å². The SMILES string of the molecule is CC1(C)COC(c2cccc(C(N)I)c2)=N1. The van der Waals surface area contributed by atoms with E-state index in [9.17, 15) is 0 Å². The Morgan fingerprint density at radius 3 is 2.81 bits per heavy atom. The molecule has 1 heterocycles. The van der Waals surface area contributed by atoms with Crippen molar-refractivity contribution in [3.8, 4) is 0 Å². The van der Waals surface area contributed by atoms with Crippen molar-refractivity contribution in [3.63, 3.8) is 0 Å². The first-order valence-corrected chi connectivity index (χ1v) is 6.45. The average molecular weight is 330 g/mol. The molecule has 0 fully saturated rings. The molecular formula is C12H15IN2O. The van der Waals surface area contributed by atoms with Crippen molar-refractivity contribution in [2.75, 3.05) is 6.61 Å². The number of rotatable bonds is 2. The van der Waals surface area contributed by atoms with Gasteiger partial charge in [0.15, 0.2) is 0 Å². The van der Waals surface area contributed by atoms with Gasteiger partial charge in [0.05, 0.1) is 9.59 Å². The number of alkyl halides is 1.